The fraction of sp³-hybridized carbons (Fsp3) is 0.759. The third-order valence-electron chi connectivity index (χ3n) is 9.05. The SMILES string of the molecule is Cc1nn(C2CCCCC2)c2sc(C(=O)N[C@H]3CC[C@H](N4CCC(N(C(=O)O)C(C)(C)C)CC4)CC3)cc12. The van der Waals surface area contributed by atoms with Crippen LogP contribution in [0.25, 0.3) is 10.2 Å². The van der Waals surface area contributed by atoms with Crippen LogP contribution < -0.4 is 5.32 Å². The van der Waals surface area contributed by atoms with Crippen molar-refractivity contribution in [2.75, 3.05) is 13.1 Å². The summed E-state index contributed by atoms with van der Waals surface area (Å²) < 4.78 is 2.21. The van der Waals surface area contributed by atoms with E-state index in [4.69, 9.17) is 5.10 Å². The first-order valence-corrected chi connectivity index (χ1v) is 15.5. The lowest BCUT2D eigenvalue weighted by atomic mass is 9.88. The van der Waals surface area contributed by atoms with Gasteiger partial charge in [-0.3, -0.25) is 9.48 Å². The van der Waals surface area contributed by atoms with Crippen molar-refractivity contribution < 1.29 is 14.7 Å². The maximum atomic E-state index is 13.2. The largest absolute Gasteiger partial charge is 0.465 e. The molecule has 38 heavy (non-hydrogen) atoms. The van der Waals surface area contributed by atoms with E-state index >= 15 is 0 Å². The third-order valence-corrected chi connectivity index (χ3v) is 10.2. The number of hydrogen-bond donors (Lipinski definition) is 2. The van der Waals surface area contributed by atoms with Crippen LogP contribution in [0.5, 0.6) is 0 Å². The Morgan fingerprint density at radius 3 is 2.26 bits per heavy atom. The number of thiophene rings is 1. The summed E-state index contributed by atoms with van der Waals surface area (Å²) in [6, 6.07) is 3.36. The fourth-order valence-electron chi connectivity index (χ4n) is 7.10. The van der Waals surface area contributed by atoms with Gasteiger partial charge in [0.2, 0.25) is 0 Å². The van der Waals surface area contributed by atoms with Crippen LogP contribution in [0.3, 0.4) is 0 Å². The van der Waals surface area contributed by atoms with Gasteiger partial charge in [0.05, 0.1) is 16.6 Å². The number of fused-ring (bicyclic) bond motifs is 1. The molecule has 0 aromatic carbocycles. The quantitative estimate of drug-likeness (QED) is 0.469. The second-order valence-corrected chi connectivity index (χ2v) is 13.8. The molecule has 9 heteroatoms. The van der Waals surface area contributed by atoms with Crippen molar-refractivity contribution in [3.8, 4) is 0 Å². The lowest BCUT2D eigenvalue weighted by Gasteiger charge is -2.46. The number of nitrogens with zero attached hydrogens (tertiary/aromatic N) is 4. The Balaban J connectivity index is 1.13. The number of rotatable bonds is 5. The van der Waals surface area contributed by atoms with Crippen molar-refractivity contribution in [1.29, 1.82) is 0 Å². The lowest BCUT2D eigenvalue weighted by Crippen LogP contribution is -2.56. The Hall–Kier alpha value is -2.13. The molecule has 2 aromatic rings. The van der Waals surface area contributed by atoms with Crippen molar-refractivity contribution in [1.82, 2.24) is 24.9 Å². The van der Waals surface area contributed by atoms with E-state index in [1.807, 2.05) is 26.8 Å². The van der Waals surface area contributed by atoms with Crippen molar-refractivity contribution in [2.24, 2.45) is 0 Å². The molecule has 0 spiro atoms. The molecular weight excluding hydrogens is 498 g/mol. The van der Waals surface area contributed by atoms with E-state index in [1.54, 1.807) is 16.2 Å². The summed E-state index contributed by atoms with van der Waals surface area (Å²) in [6.07, 6.45) is 11.4. The Morgan fingerprint density at radius 2 is 1.66 bits per heavy atom. The Morgan fingerprint density at radius 1 is 1.00 bits per heavy atom. The molecule has 2 saturated carbocycles. The Kier molecular flexibility index (Phi) is 8.06. The minimum atomic E-state index is -0.813. The van der Waals surface area contributed by atoms with Gasteiger partial charge in [-0.25, -0.2) is 4.79 Å². The number of aromatic nitrogens is 2. The number of aryl methyl sites for hydroxylation is 1. The highest BCUT2D eigenvalue weighted by Gasteiger charge is 2.37. The zero-order valence-corrected chi connectivity index (χ0v) is 24.4. The molecule has 0 bridgehead atoms. The Bertz CT molecular complexity index is 1130. The summed E-state index contributed by atoms with van der Waals surface area (Å²) in [6.45, 7) is 9.90. The molecule has 5 rings (SSSR count). The molecule has 8 nitrogen and oxygen atoms in total. The summed E-state index contributed by atoms with van der Waals surface area (Å²) in [7, 11) is 0. The van der Waals surface area contributed by atoms with Gasteiger partial charge in [0.15, 0.2) is 0 Å². The molecule has 3 fully saturated rings. The number of piperidine rings is 1. The summed E-state index contributed by atoms with van der Waals surface area (Å²) in [4.78, 5) is 31.2. The molecule has 0 atom stereocenters. The van der Waals surface area contributed by atoms with Gasteiger partial charge in [-0.1, -0.05) is 19.3 Å². The van der Waals surface area contributed by atoms with Crippen LogP contribution in [0.2, 0.25) is 0 Å². The highest BCUT2D eigenvalue weighted by molar-refractivity contribution is 7.20. The highest BCUT2D eigenvalue weighted by atomic mass is 32.1. The van der Waals surface area contributed by atoms with E-state index in [2.05, 4.69) is 21.8 Å². The molecule has 210 valence electrons. The zero-order valence-electron chi connectivity index (χ0n) is 23.5. The Labute approximate surface area is 230 Å². The first-order valence-electron chi connectivity index (χ1n) is 14.7. The van der Waals surface area contributed by atoms with Crippen molar-refractivity contribution in [3.05, 3.63) is 16.6 Å². The maximum Gasteiger partial charge on any atom is 0.407 e. The summed E-state index contributed by atoms with van der Waals surface area (Å²) >= 11 is 1.60. The van der Waals surface area contributed by atoms with Crippen LogP contribution in [-0.2, 0) is 0 Å². The van der Waals surface area contributed by atoms with Crippen molar-refractivity contribution >= 4 is 33.6 Å². The normalized spacial score (nSPS) is 24.5. The van der Waals surface area contributed by atoms with Crippen LogP contribution in [0.4, 0.5) is 4.79 Å². The lowest BCUT2D eigenvalue weighted by molar-refractivity contribution is 0.0276. The standard InChI is InChI=1S/C29H45N5O3S/c1-19-24-18-25(38-27(24)34(31-19)23-8-6-5-7-9-23)26(35)30-20-10-12-21(13-11-20)32-16-14-22(15-17-32)33(28(36)37)29(2,3)4/h18,20-23H,5-17H2,1-4H3,(H,30,35)(H,36,37)/t20-,21-. The zero-order chi connectivity index (χ0) is 27.0. The molecule has 2 aromatic heterocycles. The van der Waals surface area contributed by atoms with E-state index in [-0.39, 0.29) is 23.5 Å². The minimum Gasteiger partial charge on any atom is -0.465 e. The van der Waals surface area contributed by atoms with Crippen LogP contribution in [-0.4, -0.2) is 73.4 Å². The second kappa shape index (κ2) is 11.2. The van der Waals surface area contributed by atoms with Crippen LogP contribution >= 0.6 is 11.3 Å². The molecule has 3 aliphatic rings. The van der Waals surface area contributed by atoms with E-state index in [0.717, 1.165) is 72.4 Å². The van der Waals surface area contributed by atoms with E-state index in [0.29, 0.717) is 12.1 Å². The molecule has 1 saturated heterocycles. The second-order valence-electron chi connectivity index (χ2n) is 12.7. The monoisotopic (exact) mass is 543 g/mol. The molecule has 3 heterocycles. The van der Waals surface area contributed by atoms with Gasteiger partial charge in [-0.15, -0.1) is 11.3 Å². The van der Waals surface area contributed by atoms with Gasteiger partial charge >= 0.3 is 6.09 Å². The molecular formula is C29H45N5O3S. The van der Waals surface area contributed by atoms with E-state index in [9.17, 15) is 14.7 Å². The smallest absolute Gasteiger partial charge is 0.407 e. The van der Waals surface area contributed by atoms with Crippen molar-refractivity contribution in [3.63, 3.8) is 0 Å². The van der Waals surface area contributed by atoms with Gasteiger partial charge in [0, 0.05) is 42.1 Å². The van der Waals surface area contributed by atoms with Gasteiger partial charge in [-0.2, -0.15) is 5.10 Å². The summed E-state index contributed by atoms with van der Waals surface area (Å²) in [5.74, 6) is 0.0565. The van der Waals surface area contributed by atoms with Gasteiger partial charge in [0.1, 0.15) is 4.83 Å². The van der Waals surface area contributed by atoms with Crippen LogP contribution in [0.1, 0.15) is 113 Å². The average Bonchev–Trinajstić information content (AvgIpc) is 3.45. The predicted octanol–water partition coefficient (Wildman–Crippen LogP) is 6.20. The van der Waals surface area contributed by atoms with E-state index < -0.39 is 6.09 Å². The number of amides is 2. The van der Waals surface area contributed by atoms with Crippen molar-refractivity contribution in [2.45, 2.75) is 128 Å². The van der Waals surface area contributed by atoms with Crippen LogP contribution in [0.15, 0.2) is 6.07 Å². The fourth-order valence-corrected chi connectivity index (χ4v) is 8.24. The number of nitrogens with one attached hydrogen (secondary N) is 1. The van der Waals surface area contributed by atoms with Gasteiger partial charge in [-0.05, 0) is 85.1 Å². The molecule has 0 unspecified atom stereocenters. The summed E-state index contributed by atoms with van der Waals surface area (Å²) in [5.41, 5.74) is 0.649. The number of likely N-dealkylation sites (tertiary alicyclic amines) is 1. The molecule has 2 aliphatic carbocycles. The molecule has 0 radical (unpaired) electrons. The van der Waals surface area contributed by atoms with E-state index in [1.165, 1.54) is 32.1 Å². The number of carboxylic acid groups (broad SMARTS) is 1. The van der Waals surface area contributed by atoms with Crippen LogP contribution in [0, 0.1) is 6.92 Å². The predicted molar refractivity (Wildman–Crippen MR) is 152 cm³/mol. The highest BCUT2D eigenvalue weighted by Crippen LogP contribution is 2.36. The average molecular weight is 544 g/mol. The third kappa shape index (κ3) is 5.74. The first-order chi connectivity index (χ1) is 18.1. The summed E-state index contributed by atoms with van der Waals surface area (Å²) in [5, 5.41) is 19.0. The van der Waals surface area contributed by atoms with Gasteiger partial charge < -0.3 is 20.2 Å². The topological polar surface area (TPSA) is 90.7 Å². The maximum absolute atomic E-state index is 13.2. The molecule has 1 aliphatic heterocycles. The first kappa shape index (κ1) is 27.4. The number of hydrogen-bond acceptors (Lipinski definition) is 5. The number of carbonyl (C=O) groups is 2. The van der Waals surface area contributed by atoms with Gasteiger partial charge in [0.25, 0.3) is 5.91 Å². The number of carbonyl (C=O) groups excluding carboxylic acids is 1. The molecule has 2 N–H and O–H groups in total. The minimum absolute atomic E-state index is 0.0565. The molecule has 2 amide bonds.